The van der Waals surface area contributed by atoms with E-state index in [-0.39, 0.29) is 5.54 Å². The highest BCUT2D eigenvalue weighted by Gasteiger charge is 2.45. The van der Waals surface area contributed by atoms with Crippen LogP contribution in [-0.2, 0) is 18.5 Å². The van der Waals surface area contributed by atoms with Crippen LogP contribution in [0, 0.1) is 6.92 Å². The van der Waals surface area contributed by atoms with Crippen LogP contribution in [-0.4, -0.2) is 0 Å². The molecule has 1 aliphatic heterocycles. The van der Waals surface area contributed by atoms with E-state index in [1.54, 1.807) is 0 Å². The molecule has 0 bridgehead atoms. The second-order valence-electron chi connectivity index (χ2n) is 13.2. The van der Waals surface area contributed by atoms with Crippen LogP contribution >= 0.6 is 0 Å². The summed E-state index contributed by atoms with van der Waals surface area (Å²) >= 11 is 0. The number of unbranched alkanes of at least 4 members (excludes halogenated alkanes) is 1. The summed E-state index contributed by atoms with van der Waals surface area (Å²) in [6.07, 6.45) is 11.7. The Labute approximate surface area is 269 Å². The van der Waals surface area contributed by atoms with Crippen LogP contribution in [0.25, 0.3) is 44.1 Å². The number of hydrogen-bond acceptors (Lipinski definition) is 0. The van der Waals surface area contributed by atoms with E-state index in [1.807, 2.05) is 0 Å². The van der Waals surface area contributed by atoms with Crippen LogP contribution in [0.2, 0.25) is 0 Å². The highest BCUT2D eigenvalue weighted by molar-refractivity contribution is 6.06. The Morgan fingerprint density at radius 1 is 0.756 bits per heavy atom. The van der Waals surface area contributed by atoms with Crippen LogP contribution < -0.4 is 9.13 Å². The zero-order valence-corrected chi connectivity index (χ0v) is 27.4. The van der Waals surface area contributed by atoms with E-state index < -0.39 is 0 Å². The van der Waals surface area contributed by atoms with Gasteiger partial charge in [-0.15, -0.1) is 0 Å². The first-order chi connectivity index (χ1) is 22.1. The normalized spacial score (nSPS) is 15.5. The summed E-state index contributed by atoms with van der Waals surface area (Å²) in [6, 6.07) is 38.6. The predicted octanol–water partition coefficient (Wildman–Crippen LogP) is 10.3. The average Bonchev–Trinajstić information content (AvgIpc) is 3.21. The second kappa shape index (κ2) is 12.2. The van der Waals surface area contributed by atoms with Crippen molar-refractivity contribution in [2.75, 3.05) is 0 Å². The van der Waals surface area contributed by atoms with Crippen LogP contribution in [0.5, 0.6) is 0 Å². The molecule has 1 aliphatic rings. The van der Waals surface area contributed by atoms with E-state index in [9.17, 15) is 0 Å². The number of rotatable bonds is 9. The number of benzene rings is 4. The molecular formula is C43H46N2+2. The Balaban J connectivity index is 1.44. The Kier molecular flexibility index (Phi) is 8.00. The van der Waals surface area contributed by atoms with Crippen LogP contribution in [0.3, 0.4) is 0 Å². The maximum atomic E-state index is 2.70. The lowest BCUT2D eigenvalue weighted by Gasteiger charge is -2.29. The van der Waals surface area contributed by atoms with Crippen molar-refractivity contribution in [3.8, 4) is 22.4 Å². The molecule has 0 spiro atoms. The summed E-state index contributed by atoms with van der Waals surface area (Å²) < 4.78 is 5.25. The molecule has 45 heavy (non-hydrogen) atoms. The average molecular weight is 591 g/mol. The fraction of sp³-hybridized carbons (Fsp3) is 0.302. The molecule has 0 fully saturated rings. The van der Waals surface area contributed by atoms with Crippen LogP contribution in [0.4, 0.5) is 0 Å². The van der Waals surface area contributed by atoms with E-state index >= 15 is 0 Å². The number of hydrogen-bond donors (Lipinski definition) is 0. The Morgan fingerprint density at radius 3 is 2.33 bits per heavy atom. The molecule has 0 radical (unpaired) electrons. The molecule has 1 unspecified atom stereocenters. The fourth-order valence-electron chi connectivity index (χ4n) is 8.08. The molecule has 0 saturated carbocycles. The van der Waals surface area contributed by atoms with Gasteiger partial charge in [0, 0.05) is 43.0 Å². The van der Waals surface area contributed by atoms with E-state index in [4.69, 9.17) is 0 Å². The predicted molar refractivity (Wildman–Crippen MR) is 188 cm³/mol. The Morgan fingerprint density at radius 2 is 1.56 bits per heavy atom. The van der Waals surface area contributed by atoms with Gasteiger partial charge in [-0.1, -0.05) is 100.0 Å². The van der Waals surface area contributed by atoms with E-state index in [2.05, 4.69) is 152 Å². The highest BCUT2D eigenvalue weighted by atomic mass is 15.1. The molecule has 226 valence electrons. The Hall–Kier alpha value is -4.30. The van der Waals surface area contributed by atoms with Crippen molar-refractivity contribution in [3.05, 3.63) is 132 Å². The Bertz CT molecular complexity index is 1980. The number of pyridine rings is 2. The summed E-state index contributed by atoms with van der Waals surface area (Å²) in [5.74, 6) is 0.369. The minimum Gasteiger partial charge on any atom is -0.198 e. The molecule has 1 atom stereocenters. The van der Waals surface area contributed by atoms with Crippen molar-refractivity contribution < 1.29 is 9.13 Å². The van der Waals surface area contributed by atoms with Crippen molar-refractivity contribution in [2.45, 2.75) is 84.2 Å². The lowest BCUT2D eigenvalue weighted by Crippen LogP contribution is -2.56. The van der Waals surface area contributed by atoms with Gasteiger partial charge in [-0.2, -0.15) is 9.13 Å². The maximum Gasteiger partial charge on any atom is 0.221 e. The first-order valence-corrected chi connectivity index (χ1v) is 17.1. The van der Waals surface area contributed by atoms with Gasteiger partial charge in [0.1, 0.15) is 0 Å². The molecule has 2 heteroatoms. The van der Waals surface area contributed by atoms with Crippen LogP contribution in [0.1, 0.15) is 75.5 Å². The third kappa shape index (κ3) is 5.15. The minimum atomic E-state index is 0.0485. The molecule has 0 amide bonds. The molecule has 0 N–H and O–H groups in total. The topological polar surface area (TPSA) is 7.76 Å². The summed E-state index contributed by atoms with van der Waals surface area (Å²) in [6.45, 7) is 10.3. The first-order valence-electron chi connectivity index (χ1n) is 17.1. The summed E-state index contributed by atoms with van der Waals surface area (Å²) in [5, 5.41) is 4.26. The van der Waals surface area contributed by atoms with Crippen molar-refractivity contribution in [1.82, 2.24) is 0 Å². The van der Waals surface area contributed by atoms with E-state index in [0.717, 1.165) is 32.2 Å². The molecule has 2 aromatic heterocycles. The summed E-state index contributed by atoms with van der Waals surface area (Å²) in [7, 11) is 0. The molecule has 3 heterocycles. The molecule has 6 aromatic rings. The van der Waals surface area contributed by atoms with Gasteiger partial charge in [0.2, 0.25) is 11.2 Å². The third-order valence-corrected chi connectivity index (χ3v) is 10.7. The lowest BCUT2D eigenvalue weighted by molar-refractivity contribution is -0.746. The largest absolute Gasteiger partial charge is 0.221 e. The van der Waals surface area contributed by atoms with E-state index in [0.29, 0.717) is 5.92 Å². The van der Waals surface area contributed by atoms with Crippen molar-refractivity contribution in [2.24, 2.45) is 0 Å². The van der Waals surface area contributed by atoms with Crippen molar-refractivity contribution in [3.63, 3.8) is 0 Å². The van der Waals surface area contributed by atoms with Gasteiger partial charge in [0.25, 0.3) is 0 Å². The summed E-state index contributed by atoms with van der Waals surface area (Å²) in [5.41, 5.74) is 10.9. The number of aromatic nitrogens is 2. The van der Waals surface area contributed by atoms with Gasteiger partial charge in [0.05, 0.1) is 16.7 Å². The fourth-order valence-corrected chi connectivity index (χ4v) is 8.08. The molecular weight excluding hydrogens is 544 g/mol. The van der Waals surface area contributed by atoms with E-state index in [1.165, 1.54) is 73.6 Å². The lowest BCUT2D eigenvalue weighted by atomic mass is 9.80. The zero-order chi connectivity index (χ0) is 31.0. The maximum absolute atomic E-state index is 2.70. The quantitative estimate of drug-likeness (QED) is 0.117. The molecule has 7 rings (SSSR count). The number of aryl methyl sites for hydroxylation is 2. The van der Waals surface area contributed by atoms with Gasteiger partial charge < -0.3 is 0 Å². The van der Waals surface area contributed by atoms with Crippen LogP contribution in [0.15, 0.2) is 116 Å². The molecule has 0 saturated heterocycles. The molecule has 2 nitrogen and oxygen atoms in total. The van der Waals surface area contributed by atoms with Gasteiger partial charge in [-0.05, 0) is 65.1 Å². The van der Waals surface area contributed by atoms with Gasteiger partial charge >= 0.3 is 0 Å². The SMILES string of the molecule is CCCCc1cc[n+]2c3c1ccc1cccc(c13)C(C[n+]1ccc(-c3ccccc3)cc1-c1ccccc1C)CC2(CC)CC. The van der Waals surface area contributed by atoms with Crippen molar-refractivity contribution in [1.29, 1.82) is 0 Å². The molecule has 0 aliphatic carbocycles. The first kappa shape index (κ1) is 29.4. The smallest absolute Gasteiger partial charge is 0.198 e. The number of nitrogens with zero attached hydrogens (tertiary/aromatic N) is 2. The summed E-state index contributed by atoms with van der Waals surface area (Å²) in [4.78, 5) is 0. The standard InChI is InChI=1S/C43H46N2/c1-5-8-16-33-25-27-45-42-39(33)23-22-34-19-14-21-38(41(34)42)36(29-43(45,6-2)7-3)30-44-26-24-35(32-17-10-9-11-18-32)28-40(44)37-20-13-12-15-31(37)4/h9-15,17-28,36H,5-8,16,29-30H2,1-4H3/q+2. The highest BCUT2D eigenvalue weighted by Crippen LogP contribution is 2.43. The second-order valence-corrected chi connectivity index (χ2v) is 13.2. The third-order valence-electron chi connectivity index (χ3n) is 10.7. The monoisotopic (exact) mass is 590 g/mol. The van der Waals surface area contributed by atoms with Gasteiger partial charge in [-0.3, -0.25) is 0 Å². The van der Waals surface area contributed by atoms with Crippen molar-refractivity contribution >= 4 is 21.7 Å². The molecule has 4 aromatic carbocycles. The van der Waals surface area contributed by atoms with Gasteiger partial charge in [-0.25, -0.2) is 0 Å². The zero-order valence-electron chi connectivity index (χ0n) is 27.4. The van der Waals surface area contributed by atoms with Gasteiger partial charge in [0.15, 0.2) is 24.5 Å². The minimum absolute atomic E-state index is 0.0485.